The first-order chi connectivity index (χ1) is 20.0. The van der Waals surface area contributed by atoms with Crippen molar-refractivity contribution in [3.63, 3.8) is 0 Å². The molecule has 42 heavy (non-hydrogen) atoms. The van der Waals surface area contributed by atoms with Crippen LogP contribution in [-0.2, 0) is 20.7 Å². The first-order valence-electron chi connectivity index (χ1n) is 13.3. The molecule has 12 heteroatoms. The molecule has 3 aromatic carbocycles. The van der Waals surface area contributed by atoms with Crippen LogP contribution in [0.2, 0.25) is 0 Å². The van der Waals surface area contributed by atoms with E-state index in [0.29, 0.717) is 45.0 Å². The third kappa shape index (κ3) is 4.50. The number of amides is 1. The molecule has 2 aliphatic rings. The second kappa shape index (κ2) is 10.0. The molecule has 3 atom stereocenters. The second-order valence-corrected chi connectivity index (χ2v) is 10.1. The van der Waals surface area contributed by atoms with E-state index in [1.807, 2.05) is 6.92 Å². The van der Waals surface area contributed by atoms with Crippen LogP contribution in [0, 0.1) is 5.82 Å². The highest BCUT2D eigenvalue weighted by Crippen LogP contribution is 2.47. The molecule has 1 unspecified atom stereocenters. The summed E-state index contributed by atoms with van der Waals surface area (Å²) in [5.74, 6) is -2.01. The normalized spacial score (nSPS) is 19.2. The lowest BCUT2D eigenvalue weighted by Gasteiger charge is -2.29. The molecule has 0 fully saturated rings. The molecule has 3 heterocycles. The summed E-state index contributed by atoms with van der Waals surface area (Å²) in [7, 11) is 0. The monoisotopic (exact) mass is 583 g/mol. The number of hydrogen-bond donors (Lipinski definition) is 0. The summed E-state index contributed by atoms with van der Waals surface area (Å²) in [5.41, 5.74) is 2.25. The summed E-state index contributed by atoms with van der Waals surface area (Å²) in [6, 6.07) is 12.2. The standard InChI is InChI=1S/C30H25F4N3O5/c1-4-26-35-21-11-8-17(31)12-23(21)37(26)22-7-5-6-19-24(14-40-28(19)22)36(29(39)30(32,33)34)18-9-10-20-25(13-18)41-15(2)27(20)42-16(3)38/h5-13,15,24,27H,4,14H2,1-3H3/t15?,24-,27+/m0/s1. The lowest BCUT2D eigenvalue weighted by atomic mass is 10.0. The predicted octanol–water partition coefficient (Wildman–Crippen LogP) is 6.14. The molecule has 2 aliphatic heterocycles. The van der Waals surface area contributed by atoms with Crippen molar-refractivity contribution in [3.8, 4) is 17.2 Å². The van der Waals surface area contributed by atoms with E-state index < -0.39 is 42.1 Å². The van der Waals surface area contributed by atoms with Gasteiger partial charge in [-0.25, -0.2) is 9.37 Å². The van der Waals surface area contributed by atoms with Crippen molar-refractivity contribution < 1.29 is 41.4 Å². The molecule has 218 valence electrons. The molecular formula is C30H25F4N3O5. The molecule has 1 amide bonds. The number of alkyl halides is 3. The van der Waals surface area contributed by atoms with E-state index >= 15 is 0 Å². The van der Waals surface area contributed by atoms with E-state index in [9.17, 15) is 27.2 Å². The molecule has 1 aromatic heterocycles. The first-order valence-corrected chi connectivity index (χ1v) is 13.3. The van der Waals surface area contributed by atoms with E-state index in [-0.39, 0.29) is 23.8 Å². The molecule has 0 saturated heterocycles. The van der Waals surface area contributed by atoms with Gasteiger partial charge in [-0.3, -0.25) is 19.1 Å². The number of rotatable bonds is 5. The number of para-hydroxylation sites is 1. The Morgan fingerprint density at radius 1 is 1.12 bits per heavy atom. The van der Waals surface area contributed by atoms with Gasteiger partial charge in [0.15, 0.2) is 6.10 Å². The van der Waals surface area contributed by atoms with Crippen LogP contribution in [0.5, 0.6) is 11.5 Å². The number of fused-ring (bicyclic) bond motifs is 3. The van der Waals surface area contributed by atoms with Crippen molar-refractivity contribution in [3.05, 3.63) is 77.4 Å². The molecule has 0 saturated carbocycles. The van der Waals surface area contributed by atoms with Crippen LogP contribution < -0.4 is 14.4 Å². The minimum Gasteiger partial charge on any atom is -0.488 e. The van der Waals surface area contributed by atoms with E-state index in [0.717, 1.165) is 0 Å². The Hall–Kier alpha value is -4.61. The van der Waals surface area contributed by atoms with Gasteiger partial charge < -0.3 is 14.2 Å². The summed E-state index contributed by atoms with van der Waals surface area (Å²) < 4.78 is 75.0. The lowest BCUT2D eigenvalue weighted by Crippen LogP contribution is -2.44. The molecule has 0 N–H and O–H groups in total. The summed E-state index contributed by atoms with van der Waals surface area (Å²) in [4.78, 5) is 29.7. The number of aryl methyl sites for hydroxylation is 1. The fourth-order valence-corrected chi connectivity index (χ4v) is 5.65. The molecular weight excluding hydrogens is 558 g/mol. The Balaban J connectivity index is 1.46. The number of halogens is 4. The molecule has 6 rings (SSSR count). The number of ether oxygens (including phenoxy) is 3. The Morgan fingerprint density at radius 3 is 2.62 bits per heavy atom. The summed E-state index contributed by atoms with van der Waals surface area (Å²) in [6.45, 7) is 4.54. The smallest absolute Gasteiger partial charge is 0.471 e. The third-order valence-electron chi connectivity index (χ3n) is 7.40. The predicted molar refractivity (Wildman–Crippen MR) is 143 cm³/mol. The van der Waals surface area contributed by atoms with Crippen molar-refractivity contribution in [2.45, 2.75) is 51.6 Å². The quantitative estimate of drug-likeness (QED) is 0.207. The highest BCUT2D eigenvalue weighted by molar-refractivity contribution is 5.98. The summed E-state index contributed by atoms with van der Waals surface area (Å²) >= 11 is 0. The number of anilines is 1. The van der Waals surface area contributed by atoms with Crippen LogP contribution in [0.1, 0.15) is 49.9 Å². The topological polar surface area (TPSA) is 82.9 Å². The average Bonchev–Trinajstić information content (AvgIpc) is 3.61. The SMILES string of the molecule is CCc1nc2ccc(F)cc2n1-c1cccc2c1OC[C@@H]2N(C(=O)C(F)(F)F)c1ccc2c(c1)OC(C)[C@H]2OC(C)=O. The fourth-order valence-electron chi connectivity index (χ4n) is 5.65. The Bertz CT molecular complexity index is 1730. The molecule has 0 spiro atoms. The van der Waals surface area contributed by atoms with Gasteiger partial charge >= 0.3 is 18.1 Å². The van der Waals surface area contributed by atoms with Gasteiger partial charge in [-0.05, 0) is 37.3 Å². The van der Waals surface area contributed by atoms with E-state index in [1.54, 1.807) is 35.8 Å². The Kier molecular flexibility index (Phi) is 6.58. The largest absolute Gasteiger partial charge is 0.488 e. The zero-order valence-corrected chi connectivity index (χ0v) is 22.7. The van der Waals surface area contributed by atoms with Crippen LogP contribution in [-0.4, -0.2) is 40.3 Å². The first kappa shape index (κ1) is 27.6. The van der Waals surface area contributed by atoms with E-state index in [4.69, 9.17) is 14.2 Å². The highest BCUT2D eigenvalue weighted by Gasteiger charge is 2.48. The van der Waals surface area contributed by atoms with Gasteiger partial charge in [0, 0.05) is 42.3 Å². The molecule has 8 nitrogen and oxygen atoms in total. The minimum atomic E-state index is -5.19. The number of hydrogen-bond acceptors (Lipinski definition) is 6. The lowest BCUT2D eigenvalue weighted by molar-refractivity contribution is -0.171. The number of imidazole rings is 1. The van der Waals surface area contributed by atoms with Crippen molar-refractivity contribution in [1.29, 1.82) is 0 Å². The second-order valence-electron chi connectivity index (χ2n) is 10.1. The van der Waals surface area contributed by atoms with Gasteiger partial charge in [0.2, 0.25) is 0 Å². The summed E-state index contributed by atoms with van der Waals surface area (Å²) in [6.07, 6.45) is -6.02. The maximum Gasteiger partial charge on any atom is 0.471 e. The highest BCUT2D eigenvalue weighted by atomic mass is 19.4. The third-order valence-corrected chi connectivity index (χ3v) is 7.40. The number of aromatic nitrogens is 2. The zero-order chi connectivity index (χ0) is 29.9. The molecule has 4 aromatic rings. The van der Waals surface area contributed by atoms with Crippen LogP contribution >= 0.6 is 0 Å². The maximum absolute atomic E-state index is 14.2. The van der Waals surface area contributed by atoms with Crippen LogP contribution in [0.4, 0.5) is 23.2 Å². The average molecular weight is 584 g/mol. The van der Waals surface area contributed by atoms with Crippen molar-refractivity contribution in [2.24, 2.45) is 0 Å². The fraction of sp³-hybridized carbons (Fsp3) is 0.300. The van der Waals surface area contributed by atoms with Crippen molar-refractivity contribution >= 4 is 28.6 Å². The minimum absolute atomic E-state index is 0.0667. The van der Waals surface area contributed by atoms with Crippen molar-refractivity contribution in [2.75, 3.05) is 11.5 Å². The van der Waals surface area contributed by atoms with Gasteiger partial charge in [0.05, 0.1) is 22.8 Å². The Morgan fingerprint density at radius 2 is 1.90 bits per heavy atom. The molecule has 0 radical (unpaired) electrons. The zero-order valence-electron chi connectivity index (χ0n) is 22.7. The number of carbonyl (C=O) groups is 2. The van der Waals surface area contributed by atoms with Gasteiger partial charge in [0.1, 0.15) is 35.9 Å². The Labute approximate surface area is 237 Å². The summed E-state index contributed by atoms with van der Waals surface area (Å²) in [5, 5.41) is 0. The van der Waals surface area contributed by atoms with E-state index in [1.165, 1.54) is 37.3 Å². The molecule has 0 aliphatic carbocycles. The number of benzene rings is 3. The van der Waals surface area contributed by atoms with Crippen LogP contribution in [0.15, 0.2) is 54.6 Å². The van der Waals surface area contributed by atoms with Gasteiger partial charge in [0.25, 0.3) is 0 Å². The van der Waals surface area contributed by atoms with Crippen LogP contribution in [0.3, 0.4) is 0 Å². The van der Waals surface area contributed by atoms with E-state index in [2.05, 4.69) is 4.98 Å². The number of nitrogens with zero attached hydrogens (tertiary/aromatic N) is 3. The van der Waals surface area contributed by atoms with Gasteiger partial charge in [-0.2, -0.15) is 13.2 Å². The number of carbonyl (C=O) groups excluding carboxylic acids is 2. The van der Waals surface area contributed by atoms with Gasteiger partial charge in [-0.1, -0.05) is 19.1 Å². The van der Waals surface area contributed by atoms with Crippen molar-refractivity contribution in [1.82, 2.24) is 9.55 Å². The van der Waals surface area contributed by atoms with Crippen LogP contribution in [0.25, 0.3) is 16.7 Å². The number of esters is 1. The molecule has 0 bridgehead atoms. The van der Waals surface area contributed by atoms with Gasteiger partial charge in [-0.15, -0.1) is 0 Å². The maximum atomic E-state index is 14.2.